The van der Waals surface area contributed by atoms with Crippen LogP contribution in [0.5, 0.6) is 11.5 Å². The number of hydrogen-bond donors (Lipinski definition) is 0. The van der Waals surface area contributed by atoms with Crippen molar-refractivity contribution in [3.05, 3.63) is 60.2 Å². The third-order valence-corrected chi connectivity index (χ3v) is 5.58. The number of likely N-dealkylation sites (N-methyl/N-ethyl adjacent to an activating group) is 1. The van der Waals surface area contributed by atoms with Crippen molar-refractivity contribution in [2.45, 2.75) is 45.2 Å². The van der Waals surface area contributed by atoms with E-state index < -0.39 is 0 Å². The van der Waals surface area contributed by atoms with E-state index in [1.54, 1.807) is 0 Å². The first kappa shape index (κ1) is 19.4. The van der Waals surface area contributed by atoms with Gasteiger partial charge in [-0.05, 0) is 49.6 Å². The predicted molar refractivity (Wildman–Crippen MR) is 109 cm³/mol. The first-order valence-corrected chi connectivity index (χ1v) is 9.96. The lowest BCUT2D eigenvalue weighted by Gasteiger charge is -2.28. The lowest BCUT2D eigenvalue weighted by atomic mass is 10.1. The molecule has 144 valence electrons. The molecule has 27 heavy (non-hydrogen) atoms. The zero-order valence-electron chi connectivity index (χ0n) is 16.6. The molecular formula is C23H30N2O2. The molecule has 0 aromatic heterocycles. The van der Waals surface area contributed by atoms with Crippen molar-refractivity contribution in [1.29, 1.82) is 0 Å². The van der Waals surface area contributed by atoms with Crippen LogP contribution in [0.4, 0.5) is 0 Å². The van der Waals surface area contributed by atoms with Gasteiger partial charge in [-0.2, -0.15) is 0 Å². The molecule has 1 heterocycles. The Morgan fingerprint density at radius 1 is 1.11 bits per heavy atom. The van der Waals surface area contributed by atoms with Gasteiger partial charge in [0.15, 0.2) is 0 Å². The highest BCUT2D eigenvalue weighted by molar-refractivity contribution is 5.94. The van der Waals surface area contributed by atoms with Crippen LogP contribution in [0.15, 0.2) is 54.6 Å². The summed E-state index contributed by atoms with van der Waals surface area (Å²) < 4.78 is 5.87. The fourth-order valence-corrected chi connectivity index (χ4v) is 3.91. The largest absolute Gasteiger partial charge is 0.457 e. The second kappa shape index (κ2) is 9.05. The number of nitrogens with zero attached hydrogens (tertiary/aromatic N) is 2. The Balaban J connectivity index is 1.66. The van der Waals surface area contributed by atoms with E-state index in [2.05, 4.69) is 18.7 Å². The highest BCUT2D eigenvalue weighted by atomic mass is 16.5. The summed E-state index contributed by atoms with van der Waals surface area (Å²) in [4.78, 5) is 17.4. The highest BCUT2D eigenvalue weighted by Gasteiger charge is 2.31. The molecule has 0 saturated carbocycles. The Labute approximate surface area is 162 Å². The molecule has 4 nitrogen and oxygen atoms in total. The van der Waals surface area contributed by atoms with Crippen molar-refractivity contribution < 1.29 is 9.53 Å². The van der Waals surface area contributed by atoms with Crippen molar-refractivity contribution in [2.24, 2.45) is 0 Å². The maximum absolute atomic E-state index is 13.0. The number of carbonyl (C=O) groups is 1. The average molecular weight is 367 g/mol. The number of carbonyl (C=O) groups excluding carboxylic acids is 1. The smallest absolute Gasteiger partial charge is 0.254 e. The number of amides is 1. The molecule has 4 heteroatoms. The summed E-state index contributed by atoms with van der Waals surface area (Å²) >= 11 is 0. The Morgan fingerprint density at radius 3 is 2.52 bits per heavy atom. The number of para-hydroxylation sites is 1. The van der Waals surface area contributed by atoms with Gasteiger partial charge in [-0.25, -0.2) is 0 Å². The normalized spacial score (nSPS) is 17.3. The van der Waals surface area contributed by atoms with Gasteiger partial charge in [0.05, 0.1) is 0 Å². The second-order valence-electron chi connectivity index (χ2n) is 7.27. The molecule has 1 saturated heterocycles. The van der Waals surface area contributed by atoms with E-state index in [-0.39, 0.29) is 11.9 Å². The molecule has 1 unspecified atom stereocenters. The molecule has 2 aromatic rings. The number of likely N-dealkylation sites (tertiary alicyclic amines) is 1. The number of rotatable bonds is 7. The molecule has 1 amide bonds. The van der Waals surface area contributed by atoms with E-state index in [4.69, 9.17) is 4.74 Å². The topological polar surface area (TPSA) is 32.8 Å². The molecular weight excluding hydrogens is 336 g/mol. The first-order chi connectivity index (χ1) is 13.1. The van der Waals surface area contributed by atoms with E-state index in [1.807, 2.05) is 66.5 Å². The summed E-state index contributed by atoms with van der Waals surface area (Å²) in [5.41, 5.74) is 0.673. The molecule has 1 fully saturated rings. The molecule has 1 atom stereocenters. The van der Waals surface area contributed by atoms with Crippen molar-refractivity contribution in [3.63, 3.8) is 0 Å². The van der Waals surface area contributed by atoms with E-state index in [9.17, 15) is 4.79 Å². The van der Waals surface area contributed by atoms with Crippen LogP contribution >= 0.6 is 0 Å². The van der Waals surface area contributed by atoms with Crippen LogP contribution < -0.4 is 4.74 Å². The van der Waals surface area contributed by atoms with Crippen molar-refractivity contribution in [1.82, 2.24) is 9.80 Å². The van der Waals surface area contributed by atoms with E-state index in [0.717, 1.165) is 25.3 Å². The lowest BCUT2D eigenvalue weighted by Crippen LogP contribution is -2.40. The third kappa shape index (κ3) is 4.69. The molecule has 0 bridgehead atoms. The minimum Gasteiger partial charge on any atom is -0.457 e. The van der Waals surface area contributed by atoms with Gasteiger partial charge in [-0.15, -0.1) is 0 Å². The van der Waals surface area contributed by atoms with Crippen LogP contribution in [0.25, 0.3) is 0 Å². The summed E-state index contributed by atoms with van der Waals surface area (Å²) in [6.45, 7) is 6.53. The minimum absolute atomic E-state index is 0.0601. The molecule has 0 N–H and O–H groups in total. The third-order valence-electron chi connectivity index (χ3n) is 5.58. The second-order valence-corrected chi connectivity index (χ2v) is 7.27. The molecule has 0 radical (unpaired) electrons. The standard InChI is InChI=1S/C23H30N2O2/c1-4-19(5-2)25-15-14-20(17-25)24(3)23(26)18-10-9-13-22(16-18)27-21-11-7-6-8-12-21/h6-13,16,19-20H,4-5,14-15,17H2,1-3H3. The summed E-state index contributed by atoms with van der Waals surface area (Å²) in [6.07, 6.45) is 3.37. The van der Waals surface area contributed by atoms with Gasteiger partial charge in [0.25, 0.3) is 5.91 Å². The fraction of sp³-hybridized carbons (Fsp3) is 0.435. The van der Waals surface area contributed by atoms with Crippen LogP contribution in [0.1, 0.15) is 43.5 Å². The maximum Gasteiger partial charge on any atom is 0.254 e. The fourth-order valence-electron chi connectivity index (χ4n) is 3.91. The summed E-state index contributed by atoms with van der Waals surface area (Å²) in [5.74, 6) is 1.52. The van der Waals surface area contributed by atoms with Crippen molar-refractivity contribution in [3.8, 4) is 11.5 Å². The molecule has 3 rings (SSSR count). The van der Waals surface area contributed by atoms with Crippen LogP contribution in [-0.4, -0.2) is 47.9 Å². The zero-order valence-corrected chi connectivity index (χ0v) is 16.6. The number of benzene rings is 2. The summed E-state index contributed by atoms with van der Waals surface area (Å²) in [5, 5.41) is 0. The first-order valence-electron chi connectivity index (χ1n) is 9.96. The van der Waals surface area contributed by atoms with Crippen LogP contribution in [0.3, 0.4) is 0 Å². The average Bonchev–Trinajstić information content (AvgIpc) is 3.19. The number of hydrogen-bond acceptors (Lipinski definition) is 3. The van der Waals surface area contributed by atoms with Crippen molar-refractivity contribution in [2.75, 3.05) is 20.1 Å². The summed E-state index contributed by atoms with van der Waals surface area (Å²) in [7, 11) is 1.92. The maximum atomic E-state index is 13.0. The van der Waals surface area contributed by atoms with Gasteiger partial charge in [-0.3, -0.25) is 9.69 Å². The summed E-state index contributed by atoms with van der Waals surface area (Å²) in [6, 6.07) is 18.0. The Hall–Kier alpha value is -2.33. The van der Waals surface area contributed by atoms with E-state index in [1.165, 1.54) is 12.8 Å². The van der Waals surface area contributed by atoms with Gasteiger partial charge >= 0.3 is 0 Å². The van der Waals surface area contributed by atoms with Gasteiger partial charge in [0, 0.05) is 37.8 Å². The van der Waals surface area contributed by atoms with Gasteiger partial charge < -0.3 is 9.64 Å². The molecule has 1 aliphatic heterocycles. The predicted octanol–water partition coefficient (Wildman–Crippen LogP) is 4.81. The van der Waals surface area contributed by atoms with Gasteiger partial charge in [-0.1, -0.05) is 38.1 Å². The van der Waals surface area contributed by atoms with Crippen LogP contribution in [0, 0.1) is 0 Å². The number of ether oxygens (including phenoxy) is 1. The van der Waals surface area contributed by atoms with Gasteiger partial charge in [0.2, 0.25) is 0 Å². The van der Waals surface area contributed by atoms with Gasteiger partial charge in [0.1, 0.15) is 11.5 Å². The monoisotopic (exact) mass is 366 g/mol. The van der Waals surface area contributed by atoms with Crippen LogP contribution in [-0.2, 0) is 0 Å². The van der Waals surface area contributed by atoms with E-state index >= 15 is 0 Å². The lowest BCUT2D eigenvalue weighted by molar-refractivity contribution is 0.0729. The minimum atomic E-state index is 0.0601. The quantitative estimate of drug-likeness (QED) is 0.705. The Bertz CT molecular complexity index is 743. The Morgan fingerprint density at radius 2 is 1.81 bits per heavy atom. The zero-order chi connectivity index (χ0) is 19.2. The molecule has 0 spiro atoms. The SMILES string of the molecule is CCC(CC)N1CCC(N(C)C(=O)c2cccc(Oc3ccccc3)c2)C1. The van der Waals surface area contributed by atoms with E-state index in [0.29, 0.717) is 17.4 Å². The van der Waals surface area contributed by atoms with Crippen molar-refractivity contribution >= 4 is 5.91 Å². The molecule has 0 aliphatic carbocycles. The molecule has 1 aliphatic rings. The Kier molecular flexibility index (Phi) is 6.51. The highest BCUT2D eigenvalue weighted by Crippen LogP contribution is 2.24. The molecule has 2 aromatic carbocycles. The van der Waals surface area contributed by atoms with Crippen LogP contribution in [0.2, 0.25) is 0 Å².